The van der Waals surface area contributed by atoms with E-state index in [1.165, 1.54) is 4.90 Å². The van der Waals surface area contributed by atoms with Gasteiger partial charge in [0, 0.05) is 24.8 Å². The molecule has 1 aliphatic rings. The van der Waals surface area contributed by atoms with Gasteiger partial charge in [0.15, 0.2) is 0 Å². The molecule has 0 aromatic carbocycles. The third-order valence-corrected chi connectivity index (χ3v) is 3.84. The fraction of sp³-hybridized carbons (Fsp3) is 0.900. The number of aliphatic hydroxyl groups is 1. The summed E-state index contributed by atoms with van der Waals surface area (Å²) < 4.78 is 0. The average molecular weight is 233 g/mol. The van der Waals surface area contributed by atoms with Gasteiger partial charge in [-0.1, -0.05) is 13.8 Å². The molecule has 1 aliphatic heterocycles. The third kappa shape index (κ3) is 3.91. The molecule has 0 bridgehead atoms. The van der Waals surface area contributed by atoms with E-state index in [0.717, 1.165) is 6.42 Å². The quantitative estimate of drug-likeness (QED) is 0.772. The van der Waals surface area contributed by atoms with E-state index in [-0.39, 0.29) is 12.0 Å². The number of hydrogen-bond acceptors (Lipinski definition) is 3. The predicted molar refractivity (Wildman–Crippen MR) is 61.3 cm³/mol. The number of nitrogens with zero attached hydrogens (tertiary/aromatic N) is 1. The van der Waals surface area contributed by atoms with E-state index in [1.807, 2.05) is 0 Å². The summed E-state index contributed by atoms with van der Waals surface area (Å²) in [6.45, 7) is 5.23. The second kappa shape index (κ2) is 5.61. The monoisotopic (exact) mass is 233 g/mol. The molecule has 2 atom stereocenters. The molecular formula is C10H19NO3S. The van der Waals surface area contributed by atoms with E-state index in [4.69, 9.17) is 5.11 Å². The number of rotatable bonds is 4. The van der Waals surface area contributed by atoms with Crippen LogP contribution in [0.25, 0.3) is 0 Å². The highest BCUT2D eigenvalue weighted by molar-refractivity contribution is 7.99. The summed E-state index contributed by atoms with van der Waals surface area (Å²) in [5, 5.41) is 19.1. The van der Waals surface area contributed by atoms with Crippen LogP contribution in [0.3, 0.4) is 0 Å². The minimum atomic E-state index is -0.874. The van der Waals surface area contributed by atoms with Crippen LogP contribution >= 0.6 is 11.8 Å². The SMILES string of the molecule is CC(C)SC[C@H](O)[C@H]1CCN(C(=O)O)C1. The van der Waals surface area contributed by atoms with Crippen LogP contribution in [0, 0.1) is 5.92 Å². The first-order valence-electron chi connectivity index (χ1n) is 5.28. The Morgan fingerprint density at radius 1 is 1.60 bits per heavy atom. The topological polar surface area (TPSA) is 60.8 Å². The Labute approximate surface area is 94.7 Å². The molecule has 0 aromatic heterocycles. The van der Waals surface area contributed by atoms with Crippen molar-refractivity contribution in [2.24, 2.45) is 5.92 Å². The normalized spacial score (nSPS) is 23.5. The number of carboxylic acid groups (broad SMARTS) is 1. The largest absolute Gasteiger partial charge is 0.465 e. The van der Waals surface area contributed by atoms with E-state index in [1.54, 1.807) is 11.8 Å². The molecule has 0 saturated carbocycles. The summed E-state index contributed by atoms with van der Waals surface area (Å²) in [6.07, 6.45) is -0.463. The molecule has 0 unspecified atom stereocenters. The van der Waals surface area contributed by atoms with E-state index in [0.29, 0.717) is 24.1 Å². The molecule has 88 valence electrons. The Balaban J connectivity index is 2.30. The third-order valence-electron chi connectivity index (χ3n) is 2.64. The van der Waals surface area contributed by atoms with Crippen LogP contribution in [0.4, 0.5) is 4.79 Å². The number of likely N-dealkylation sites (tertiary alicyclic amines) is 1. The van der Waals surface area contributed by atoms with Crippen LogP contribution in [0.5, 0.6) is 0 Å². The van der Waals surface area contributed by atoms with Gasteiger partial charge >= 0.3 is 6.09 Å². The smallest absolute Gasteiger partial charge is 0.407 e. The van der Waals surface area contributed by atoms with Gasteiger partial charge in [-0.15, -0.1) is 0 Å². The highest BCUT2D eigenvalue weighted by atomic mass is 32.2. The maximum atomic E-state index is 10.7. The Hall–Kier alpha value is -0.420. The minimum Gasteiger partial charge on any atom is -0.465 e. The lowest BCUT2D eigenvalue weighted by molar-refractivity contribution is 0.124. The first-order valence-corrected chi connectivity index (χ1v) is 6.33. The van der Waals surface area contributed by atoms with Crippen LogP contribution in [-0.2, 0) is 0 Å². The van der Waals surface area contributed by atoms with Crippen molar-refractivity contribution < 1.29 is 15.0 Å². The van der Waals surface area contributed by atoms with Crippen LogP contribution in [0.2, 0.25) is 0 Å². The maximum Gasteiger partial charge on any atom is 0.407 e. The van der Waals surface area contributed by atoms with Crippen LogP contribution in [0.15, 0.2) is 0 Å². The van der Waals surface area contributed by atoms with Crippen molar-refractivity contribution in [3.05, 3.63) is 0 Å². The lowest BCUT2D eigenvalue weighted by Gasteiger charge is -2.18. The molecule has 5 heteroatoms. The zero-order chi connectivity index (χ0) is 11.4. The lowest BCUT2D eigenvalue weighted by Crippen LogP contribution is -2.30. The van der Waals surface area contributed by atoms with Crippen molar-refractivity contribution in [3.63, 3.8) is 0 Å². The van der Waals surface area contributed by atoms with Gasteiger partial charge in [-0.05, 0) is 11.7 Å². The van der Waals surface area contributed by atoms with Crippen molar-refractivity contribution in [1.29, 1.82) is 0 Å². The van der Waals surface area contributed by atoms with Gasteiger partial charge in [0.05, 0.1) is 6.10 Å². The number of thioether (sulfide) groups is 1. The molecule has 1 fully saturated rings. The zero-order valence-corrected chi connectivity index (χ0v) is 10.0. The summed E-state index contributed by atoms with van der Waals surface area (Å²) in [5.41, 5.74) is 0. The molecule has 1 amide bonds. The predicted octanol–water partition coefficient (Wildman–Crippen LogP) is 1.49. The second-order valence-electron chi connectivity index (χ2n) is 4.23. The van der Waals surface area contributed by atoms with E-state index in [9.17, 15) is 9.90 Å². The average Bonchev–Trinajstić information content (AvgIpc) is 2.62. The summed E-state index contributed by atoms with van der Waals surface area (Å²) in [6, 6.07) is 0. The molecule has 0 aromatic rings. The van der Waals surface area contributed by atoms with Gasteiger partial charge in [-0.25, -0.2) is 4.79 Å². The van der Waals surface area contributed by atoms with Gasteiger partial charge in [0.25, 0.3) is 0 Å². The van der Waals surface area contributed by atoms with Gasteiger partial charge in [-0.2, -0.15) is 11.8 Å². The Morgan fingerprint density at radius 2 is 2.27 bits per heavy atom. The molecule has 1 saturated heterocycles. The molecule has 4 nitrogen and oxygen atoms in total. The molecule has 1 rings (SSSR count). The Bertz CT molecular complexity index is 223. The van der Waals surface area contributed by atoms with Gasteiger partial charge in [-0.3, -0.25) is 0 Å². The zero-order valence-electron chi connectivity index (χ0n) is 9.22. The minimum absolute atomic E-state index is 0.118. The van der Waals surface area contributed by atoms with E-state index in [2.05, 4.69) is 13.8 Å². The lowest BCUT2D eigenvalue weighted by atomic mass is 10.0. The van der Waals surface area contributed by atoms with Crippen molar-refractivity contribution in [3.8, 4) is 0 Å². The molecular weight excluding hydrogens is 214 g/mol. The van der Waals surface area contributed by atoms with Crippen molar-refractivity contribution in [1.82, 2.24) is 4.90 Å². The van der Waals surface area contributed by atoms with Gasteiger partial charge in [0.1, 0.15) is 0 Å². The van der Waals surface area contributed by atoms with Crippen molar-refractivity contribution in [2.75, 3.05) is 18.8 Å². The molecule has 0 aliphatic carbocycles. The standard InChI is InChI=1S/C10H19NO3S/c1-7(2)15-6-9(12)8-3-4-11(5-8)10(13)14/h7-9,12H,3-6H2,1-2H3,(H,13,14)/t8-,9-/m0/s1. The number of amides is 1. The summed E-state index contributed by atoms with van der Waals surface area (Å²) >= 11 is 1.72. The molecule has 0 spiro atoms. The van der Waals surface area contributed by atoms with Crippen LogP contribution in [-0.4, -0.2) is 51.4 Å². The highest BCUT2D eigenvalue weighted by Gasteiger charge is 2.30. The van der Waals surface area contributed by atoms with E-state index >= 15 is 0 Å². The van der Waals surface area contributed by atoms with Crippen molar-refractivity contribution >= 4 is 17.9 Å². The van der Waals surface area contributed by atoms with Crippen LogP contribution < -0.4 is 0 Å². The fourth-order valence-electron chi connectivity index (χ4n) is 1.70. The molecule has 15 heavy (non-hydrogen) atoms. The molecule has 0 radical (unpaired) electrons. The van der Waals surface area contributed by atoms with Crippen molar-refractivity contribution in [2.45, 2.75) is 31.6 Å². The molecule has 1 heterocycles. The fourth-order valence-corrected chi connectivity index (χ4v) is 2.56. The highest BCUT2D eigenvalue weighted by Crippen LogP contribution is 2.23. The van der Waals surface area contributed by atoms with E-state index < -0.39 is 6.09 Å². The summed E-state index contributed by atoms with van der Waals surface area (Å²) in [7, 11) is 0. The summed E-state index contributed by atoms with van der Waals surface area (Å²) in [4.78, 5) is 12.1. The Kier molecular flexibility index (Phi) is 4.73. The molecule has 2 N–H and O–H groups in total. The first kappa shape index (κ1) is 12.6. The number of hydrogen-bond donors (Lipinski definition) is 2. The van der Waals surface area contributed by atoms with Gasteiger partial charge < -0.3 is 15.1 Å². The second-order valence-corrected chi connectivity index (χ2v) is 5.84. The first-order chi connectivity index (χ1) is 7.00. The number of carbonyl (C=O) groups is 1. The summed E-state index contributed by atoms with van der Waals surface area (Å²) in [5.74, 6) is 0.822. The number of aliphatic hydroxyl groups excluding tert-OH is 1. The van der Waals surface area contributed by atoms with Gasteiger partial charge in [0.2, 0.25) is 0 Å². The van der Waals surface area contributed by atoms with Crippen LogP contribution in [0.1, 0.15) is 20.3 Å². The Morgan fingerprint density at radius 3 is 2.73 bits per heavy atom. The maximum absolute atomic E-state index is 10.7.